The van der Waals surface area contributed by atoms with Gasteiger partial charge in [-0.1, -0.05) is 5.21 Å². The SMILES string of the molecule is CCOC(=O)c1cn(-c2ccc(C#N)cc2)nn1. The summed E-state index contributed by atoms with van der Waals surface area (Å²) in [6, 6.07) is 8.81. The quantitative estimate of drug-likeness (QED) is 0.758. The third kappa shape index (κ3) is 2.35. The molecular weight excluding hydrogens is 232 g/mol. The van der Waals surface area contributed by atoms with Gasteiger partial charge in [0.15, 0.2) is 5.69 Å². The number of nitriles is 1. The highest BCUT2D eigenvalue weighted by atomic mass is 16.5. The summed E-state index contributed by atoms with van der Waals surface area (Å²) in [4.78, 5) is 11.4. The molecule has 6 heteroatoms. The lowest BCUT2D eigenvalue weighted by molar-refractivity contribution is 0.0519. The Kier molecular flexibility index (Phi) is 3.34. The van der Waals surface area contributed by atoms with Gasteiger partial charge in [-0.25, -0.2) is 9.48 Å². The highest BCUT2D eigenvalue weighted by Gasteiger charge is 2.12. The summed E-state index contributed by atoms with van der Waals surface area (Å²) in [7, 11) is 0. The van der Waals surface area contributed by atoms with Gasteiger partial charge in [0.2, 0.25) is 0 Å². The van der Waals surface area contributed by atoms with Crippen LogP contribution >= 0.6 is 0 Å². The average molecular weight is 242 g/mol. The molecule has 0 aliphatic heterocycles. The smallest absolute Gasteiger partial charge is 0.360 e. The number of hydrogen-bond donors (Lipinski definition) is 0. The van der Waals surface area contributed by atoms with E-state index in [0.717, 1.165) is 5.69 Å². The van der Waals surface area contributed by atoms with Crippen LogP contribution in [0.4, 0.5) is 0 Å². The fraction of sp³-hybridized carbons (Fsp3) is 0.167. The number of nitrogens with zero attached hydrogens (tertiary/aromatic N) is 4. The standard InChI is InChI=1S/C12H10N4O2/c1-2-18-12(17)11-8-16(15-14-11)10-5-3-9(7-13)4-6-10/h3-6,8H,2H2,1H3. The molecule has 0 fully saturated rings. The Morgan fingerprint density at radius 2 is 2.17 bits per heavy atom. The summed E-state index contributed by atoms with van der Waals surface area (Å²) >= 11 is 0. The van der Waals surface area contributed by atoms with E-state index in [1.54, 1.807) is 31.2 Å². The zero-order chi connectivity index (χ0) is 13.0. The zero-order valence-electron chi connectivity index (χ0n) is 9.70. The van der Waals surface area contributed by atoms with Gasteiger partial charge in [0, 0.05) is 0 Å². The molecule has 0 aliphatic carbocycles. The maximum absolute atomic E-state index is 11.4. The number of rotatable bonds is 3. The van der Waals surface area contributed by atoms with Crippen LogP contribution < -0.4 is 0 Å². The molecule has 0 bridgehead atoms. The van der Waals surface area contributed by atoms with Crippen molar-refractivity contribution in [3.8, 4) is 11.8 Å². The molecule has 1 aromatic heterocycles. The minimum Gasteiger partial charge on any atom is -0.461 e. The lowest BCUT2D eigenvalue weighted by Crippen LogP contribution is -2.04. The number of ether oxygens (including phenoxy) is 1. The van der Waals surface area contributed by atoms with Crippen LogP contribution in [0.15, 0.2) is 30.5 Å². The van der Waals surface area contributed by atoms with Gasteiger partial charge in [0.1, 0.15) is 0 Å². The number of aromatic nitrogens is 3. The topological polar surface area (TPSA) is 80.8 Å². The Labute approximate surface area is 103 Å². The van der Waals surface area contributed by atoms with Gasteiger partial charge in [-0.15, -0.1) is 5.10 Å². The van der Waals surface area contributed by atoms with Crippen molar-refractivity contribution in [2.45, 2.75) is 6.92 Å². The maximum Gasteiger partial charge on any atom is 0.360 e. The molecule has 2 rings (SSSR count). The lowest BCUT2D eigenvalue weighted by atomic mass is 10.2. The van der Waals surface area contributed by atoms with Gasteiger partial charge in [-0.05, 0) is 31.2 Å². The van der Waals surface area contributed by atoms with Crippen molar-refractivity contribution in [3.63, 3.8) is 0 Å². The van der Waals surface area contributed by atoms with E-state index in [2.05, 4.69) is 10.3 Å². The van der Waals surface area contributed by atoms with Crippen molar-refractivity contribution in [1.82, 2.24) is 15.0 Å². The molecule has 0 aliphatic rings. The summed E-state index contributed by atoms with van der Waals surface area (Å²) in [6.45, 7) is 2.02. The molecule has 0 saturated heterocycles. The van der Waals surface area contributed by atoms with E-state index in [4.69, 9.17) is 10.00 Å². The first-order valence-electron chi connectivity index (χ1n) is 5.34. The molecule has 0 atom stereocenters. The summed E-state index contributed by atoms with van der Waals surface area (Å²) in [5.41, 5.74) is 1.43. The molecule has 0 spiro atoms. The molecule has 1 aromatic carbocycles. The molecule has 0 saturated carbocycles. The first kappa shape index (κ1) is 11.8. The van der Waals surface area contributed by atoms with E-state index in [0.29, 0.717) is 12.2 Å². The average Bonchev–Trinajstić information content (AvgIpc) is 2.89. The van der Waals surface area contributed by atoms with Crippen LogP contribution in [0.25, 0.3) is 5.69 Å². The van der Waals surface area contributed by atoms with Gasteiger partial charge in [0.25, 0.3) is 0 Å². The van der Waals surface area contributed by atoms with E-state index in [1.165, 1.54) is 10.9 Å². The second-order valence-corrected chi connectivity index (χ2v) is 3.43. The Balaban J connectivity index is 2.24. The summed E-state index contributed by atoms with van der Waals surface area (Å²) in [5, 5.41) is 16.2. The Hall–Kier alpha value is -2.68. The largest absolute Gasteiger partial charge is 0.461 e. The molecule has 0 N–H and O–H groups in total. The first-order valence-corrected chi connectivity index (χ1v) is 5.34. The molecule has 90 valence electrons. The second kappa shape index (κ2) is 5.10. The van der Waals surface area contributed by atoms with Crippen molar-refractivity contribution in [2.75, 3.05) is 6.61 Å². The highest BCUT2D eigenvalue weighted by molar-refractivity contribution is 5.86. The molecular formula is C12H10N4O2. The second-order valence-electron chi connectivity index (χ2n) is 3.43. The van der Waals surface area contributed by atoms with Gasteiger partial charge >= 0.3 is 5.97 Å². The molecule has 0 radical (unpaired) electrons. The Bertz CT molecular complexity index is 595. The van der Waals surface area contributed by atoms with Gasteiger partial charge < -0.3 is 4.74 Å². The van der Waals surface area contributed by atoms with Crippen LogP contribution in [-0.2, 0) is 4.74 Å². The zero-order valence-corrected chi connectivity index (χ0v) is 9.70. The molecule has 1 heterocycles. The molecule has 0 amide bonds. The van der Waals surface area contributed by atoms with E-state index in [9.17, 15) is 4.79 Å². The predicted octanol–water partition coefficient (Wildman–Crippen LogP) is 1.32. The van der Waals surface area contributed by atoms with Crippen LogP contribution in [0, 0.1) is 11.3 Å². The number of hydrogen-bond acceptors (Lipinski definition) is 5. The van der Waals surface area contributed by atoms with Crippen LogP contribution in [0.5, 0.6) is 0 Å². The fourth-order valence-electron chi connectivity index (χ4n) is 1.38. The number of benzene rings is 1. The van der Waals surface area contributed by atoms with Crippen molar-refractivity contribution in [1.29, 1.82) is 5.26 Å². The van der Waals surface area contributed by atoms with Crippen LogP contribution in [-0.4, -0.2) is 27.6 Å². The Morgan fingerprint density at radius 3 is 2.78 bits per heavy atom. The van der Waals surface area contributed by atoms with Gasteiger partial charge in [0.05, 0.1) is 30.1 Å². The molecule has 18 heavy (non-hydrogen) atoms. The van der Waals surface area contributed by atoms with Crippen molar-refractivity contribution >= 4 is 5.97 Å². The molecule has 6 nitrogen and oxygen atoms in total. The van der Waals surface area contributed by atoms with E-state index < -0.39 is 5.97 Å². The highest BCUT2D eigenvalue weighted by Crippen LogP contribution is 2.08. The summed E-state index contributed by atoms with van der Waals surface area (Å²) < 4.78 is 6.27. The van der Waals surface area contributed by atoms with Crippen molar-refractivity contribution < 1.29 is 9.53 Å². The monoisotopic (exact) mass is 242 g/mol. The number of carbonyl (C=O) groups excluding carboxylic acids is 1. The number of carbonyl (C=O) groups is 1. The predicted molar refractivity (Wildman–Crippen MR) is 62.0 cm³/mol. The third-order valence-corrected chi connectivity index (χ3v) is 2.24. The minimum absolute atomic E-state index is 0.154. The van der Waals surface area contributed by atoms with Crippen molar-refractivity contribution in [2.24, 2.45) is 0 Å². The van der Waals surface area contributed by atoms with Crippen LogP contribution in [0.3, 0.4) is 0 Å². The summed E-state index contributed by atoms with van der Waals surface area (Å²) in [6.07, 6.45) is 1.49. The number of esters is 1. The first-order chi connectivity index (χ1) is 8.74. The normalized spacial score (nSPS) is 9.78. The van der Waals surface area contributed by atoms with Crippen molar-refractivity contribution in [3.05, 3.63) is 41.7 Å². The third-order valence-electron chi connectivity index (χ3n) is 2.24. The Morgan fingerprint density at radius 1 is 1.44 bits per heavy atom. The lowest BCUT2D eigenvalue weighted by Gasteiger charge is -1.98. The van der Waals surface area contributed by atoms with E-state index in [1.807, 2.05) is 6.07 Å². The fourth-order valence-corrected chi connectivity index (χ4v) is 1.38. The van der Waals surface area contributed by atoms with E-state index in [-0.39, 0.29) is 5.69 Å². The van der Waals surface area contributed by atoms with Crippen LogP contribution in [0.1, 0.15) is 23.0 Å². The molecule has 2 aromatic rings. The maximum atomic E-state index is 11.4. The molecule has 0 unspecified atom stereocenters. The van der Waals surface area contributed by atoms with Crippen LogP contribution in [0.2, 0.25) is 0 Å². The van der Waals surface area contributed by atoms with Gasteiger partial charge in [-0.3, -0.25) is 0 Å². The minimum atomic E-state index is -0.502. The summed E-state index contributed by atoms with van der Waals surface area (Å²) in [5.74, 6) is -0.502. The van der Waals surface area contributed by atoms with Gasteiger partial charge in [-0.2, -0.15) is 5.26 Å². The van der Waals surface area contributed by atoms with E-state index >= 15 is 0 Å².